The molecular weight excluding hydrogens is 592 g/mol. The number of carbonyl (C=O) groups is 8. The Morgan fingerprint density at radius 1 is 0.911 bits per heavy atom. The third kappa shape index (κ3) is 11.6. The second-order valence-corrected chi connectivity index (χ2v) is 11.5. The number of imide groups is 1. The number of carbonyl (C=O) groups excluding carboxylic acids is 7. The number of carboxylic acids is 1. The van der Waals surface area contributed by atoms with E-state index < -0.39 is 60.4 Å². The van der Waals surface area contributed by atoms with E-state index in [-0.39, 0.29) is 56.1 Å². The smallest absolute Gasteiger partial charge is 0.326 e. The van der Waals surface area contributed by atoms with E-state index in [0.717, 1.165) is 4.90 Å². The average Bonchev–Trinajstić information content (AvgIpc) is 3.60. The molecule has 0 aromatic rings. The molecule has 0 aromatic carbocycles. The standard InChI is InChI=1S/C29H44N6O10/c1-17(2)14-19(29(44)45)32-27(42)20(16-36)33-26(41)18(3)31-28(43)21-8-7-13-34(21)25(40)15-30-22(37)9-5-4-6-12-35-23(38)10-11-24(35)39/h10-11,17-21,36H,4-9,12-16H2,1-3H3,(H,30,37)(H,31,43)(H,32,42)(H,33,41)(H,44,45)/t18-,19-,20-,21-/m0/s1. The number of unbranched alkanes of at least 4 members (excludes halogenated alkanes) is 2. The number of likely N-dealkylation sites (tertiary alicyclic amines) is 1. The molecule has 16 nitrogen and oxygen atoms in total. The van der Waals surface area contributed by atoms with Crippen LogP contribution in [-0.4, -0.2) is 118 Å². The second kappa shape index (κ2) is 17.8. The Morgan fingerprint density at radius 2 is 1.56 bits per heavy atom. The maximum atomic E-state index is 12.9. The summed E-state index contributed by atoms with van der Waals surface area (Å²) in [7, 11) is 0. The predicted octanol–water partition coefficient (Wildman–Crippen LogP) is -1.82. The topological polar surface area (TPSA) is 232 Å². The Labute approximate surface area is 261 Å². The lowest BCUT2D eigenvalue weighted by Crippen LogP contribution is -2.58. The van der Waals surface area contributed by atoms with Crippen LogP contribution in [0, 0.1) is 5.92 Å². The van der Waals surface area contributed by atoms with Crippen LogP contribution in [-0.2, 0) is 38.4 Å². The minimum absolute atomic E-state index is 0.0375. The fraction of sp³-hybridized carbons (Fsp3) is 0.655. The summed E-state index contributed by atoms with van der Waals surface area (Å²) in [6.45, 7) is 4.35. The minimum Gasteiger partial charge on any atom is -0.480 e. The van der Waals surface area contributed by atoms with Gasteiger partial charge in [-0.15, -0.1) is 0 Å². The molecule has 0 bridgehead atoms. The van der Waals surface area contributed by atoms with Crippen molar-refractivity contribution in [2.75, 3.05) is 26.2 Å². The summed E-state index contributed by atoms with van der Waals surface area (Å²) < 4.78 is 0. The maximum Gasteiger partial charge on any atom is 0.326 e. The van der Waals surface area contributed by atoms with E-state index in [1.807, 2.05) is 0 Å². The summed E-state index contributed by atoms with van der Waals surface area (Å²) in [5.74, 6) is -5.12. The SMILES string of the molecule is CC(C)C[C@H](NC(=O)[C@H](CO)NC(=O)[C@H](C)NC(=O)[C@@H]1CCCN1C(=O)CNC(=O)CCCCCN1C(=O)C=CC1=O)C(=O)O. The van der Waals surface area contributed by atoms with Gasteiger partial charge < -0.3 is 36.4 Å². The van der Waals surface area contributed by atoms with Crippen LogP contribution in [0.1, 0.15) is 65.7 Å². The molecule has 0 unspecified atom stereocenters. The number of aliphatic hydroxyl groups excluding tert-OH is 1. The van der Waals surface area contributed by atoms with Crippen LogP contribution in [0.5, 0.6) is 0 Å². The van der Waals surface area contributed by atoms with Crippen molar-refractivity contribution < 1.29 is 48.6 Å². The molecule has 45 heavy (non-hydrogen) atoms. The van der Waals surface area contributed by atoms with E-state index in [1.165, 1.54) is 24.0 Å². The lowest BCUT2D eigenvalue weighted by atomic mass is 10.0. The van der Waals surface area contributed by atoms with Gasteiger partial charge in [-0.2, -0.15) is 0 Å². The number of hydrogen-bond donors (Lipinski definition) is 6. The van der Waals surface area contributed by atoms with Gasteiger partial charge in [0.15, 0.2) is 0 Å². The highest BCUT2D eigenvalue weighted by Gasteiger charge is 2.36. The van der Waals surface area contributed by atoms with Crippen LogP contribution in [0.2, 0.25) is 0 Å². The van der Waals surface area contributed by atoms with Gasteiger partial charge in [0.05, 0.1) is 13.2 Å². The van der Waals surface area contributed by atoms with Gasteiger partial charge in [-0.25, -0.2) is 4.79 Å². The van der Waals surface area contributed by atoms with Gasteiger partial charge in [0.1, 0.15) is 24.2 Å². The summed E-state index contributed by atoms with van der Waals surface area (Å²) in [5.41, 5.74) is 0. The Balaban J connectivity index is 1.76. The number of nitrogens with one attached hydrogen (secondary N) is 4. The first kappa shape index (κ1) is 36.8. The van der Waals surface area contributed by atoms with E-state index in [9.17, 15) is 48.6 Å². The van der Waals surface area contributed by atoms with Crippen LogP contribution >= 0.6 is 0 Å². The van der Waals surface area contributed by atoms with Crippen LogP contribution < -0.4 is 21.3 Å². The number of carboxylic acid groups (broad SMARTS) is 1. The van der Waals surface area contributed by atoms with Gasteiger partial charge in [-0.3, -0.25) is 38.5 Å². The minimum atomic E-state index is -1.45. The van der Waals surface area contributed by atoms with Crippen molar-refractivity contribution in [3.63, 3.8) is 0 Å². The van der Waals surface area contributed by atoms with Gasteiger partial charge in [0.25, 0.3) is 11.8 Å². The molecule has 250 valence electrons. The molecule has 1 fully saturated rings. The van der Waals surface area contributed by atoms with Gasteiger partial charge in [0, 0.05) is 31.7 Å². The Kier molecular flexibility index (Phi) is 14.6. The highest BCUT2D eigenvalue weighted by Crippen LogP contribution is 2.18. The molecule has 16 heteroatoms. The van der Waals surface area contributed by atoms with E-state index in [4.69, 9.17) is 0 Å². The monoisotopic (exact) mass is 636 g/mol. The van der Waals surface area contributed by atoms with Gasteiger partial charge in [-0.05, 0) is 44.9 Å². The van der Waals surface area contributed by atoms with E-state index in [2.05, 4.69) is 21.3 Å². The van der Waals surface area contributed by atoms with Crippen molar-refractivity contribution in [3.05, 3.63) is 12.2 Å². The molecule has 2 heterocycles. The lowest BCUT2D eigenvalue weighted by Gasteiger charge is -2.26. The molecule has 0 spiro atoms. The quantitative estimate of drug-likeness (QED) is 0.0728. The zero-order valence-electron chi connectivity index (χ0n) is 25.9. The van der Waals surface area contributed by atoms with E-state index >= 15 is 0 Å². The molecule has 0 saturated carbocycles. The Hall–Kier alpha value is -4.34. The molecular formula is C29H44N6O10. The number of rotatable bonds is 18. The molecule has 2 aliphatic rings. The number of aliphatic carboxylic acids is 1. The van der Waals surface area contributed by atoms with Crippen molar-refractivity contribution in [2.45, 2.75) is 89.9 Å². The number of nitrogens with zero attached hydrogens (tertiary/aromatic N) is 2. The predicted molar refractivity (Wildman–Crippen MR) is 158 cm³/mol. The Bertz CT molecular complexity index is 1150. The molecule has 6 N–H and O–H groups in total. The number of aliphatic hydroxyl groups is 1. The fourth-order valence-corrected chi connectivity index (χ4v) is 4.92. The zero-order chi connectivity index (χ0) is 33.7. The van der Waals surface area contributed by atoms with Crippen LogP contribution in [0.15, 0.2) is 12.2 Å². The van der Waals surface area contributed by atoms with Gasteiger partial charge in [0.2, 0.25) is 29.5 Å². The first-order valence-corrected chi connectivity index (χ1v) is 15.1. The first-order valence-electron chi connectivity index (χ1n) is 15.1. The third-order valence-electron chi connectivity index (χ3n) is 7.39. The largest absolute Gasteiger partial charge is 0.480 e. The van der Waals surface area contributed by atoms with Gasteiger partial charge >= 0.3 is 5.97 Å². The van der Waals surface area contributed by atoms with E-state index in [1.54, 1.807) is 13.8 Å². The zero-order valence-corrected chi connectivity index (χ0v) is 25.9. The summed E-state index contributed by atoms with van der Waals surface area (Å²) in [6.07, 6.45) is 5.23. The summed E-state index contributed by atoms with van der Waals surface area (Å²) in [5, 5.41) is 28.6. The highest BCUT2D eigenvalue weighted by atomic mass is 16.4. The molecule has 1 saturated heterocycles. The molecule has 0 aromatic heterocycles. The number of hydrogen-bond acceptors (Lipinski definition) is 9. The van der Waals surface area contributed by atoms with Crippen molar-refractivity contribution in [3.8, 4) is 0 Å². The van der Waals surface area contributed by atoms with Crippen molar-refractivity contribution in [1.29, 1.82) is 0 Å². The van der Waals surface area contributed by atoms with Crippen LogP contribution in [0.25, 0.3) is 0 Å². The maximum absolute atomic E-state index is 12.9. The lowest BCUT2D eigenvalue weighted by molar-refractivity contribution is -0.143. The number of amides is 7. The first-order chi connectivity index (χ1) is 21.2. The molecule has 0 aliphatic carbocycles. The summed E-state index contributed by atoms with van der Waals surface area (Å²) >= 11 is 0. The molecule has 0 radical (unpaired) electrons. The van der Waals surface area contributed by atoms with Crippen molar-refractivity contribution >= 4 is 47.3 Å². The Morgan fingerprint density at radius 3 is 2.16 bits per heavy atom. The van der Waals surface area contributed by atoms with Crippen molar-refractivity contribution in [1.82, 2.24) is 31.1 Å². The summed E-state index contributed by atoms with van der Waals surface area (Å²) in [6, 6.07) is -4.69. The normalized spacial score (nSPS) is 18.0. The van der Waals surface area contributed by atoms with Gasteiger partial charge in [-0.1, -0.05) is 20.3 Å². The van der Waals surface area contributed by atoms with Crippen LogP contribution in [0.4, 0.5) is 0 Å². The fourth-order valence-electron chi connectivity index (χ4n) is 4.92. The second-order valence-electron chi connectivity index (χ2n) is 11.5. The molecule has 2 rings (SSSR count). The molecule has 4 atom stereocenters. The van der Waals surface area contributed by atoms with Crippen LogP contribution in [0.3, 0.4) is 0 Å². The average molecular weight is 637 g/mol. The van der Waals surface area contributed by atoms with E-state index in [0.29, 0.717) is 32.1 Å². The summed E-state index contributed by atoms with van der Waals surface area (Å²) in [4.78, 5) is 100. The molecule has 7 amide bonds. The molecule has 2 aliphatic heterocycles. The third-order valence-corrected chi connectivity index (χ3v) is 7.39. The van der Waals surface area contributed by atoms with Crippen molar-refractivity contribution in [2.24, 2.45) is 5.92 Å². The highest BCUT2D eigenvalue weighted by molar-refractivity contribution is 6.12.